The fourth-order valence-corrected chi connectivity index (χ4v) is 2.32. The minimum atomic E-state index is -1.63. The molecule has 1 aliphatic heterocycles. The zero-order valence-corrected chi connectivity index (χ0v) is 12.1. The number of aromatic hydroxyl groups is 1. The third-order valence-corrected chi connectivity index (χ3v) is 3.42. The molecule has 1 aromatic carbocycles. The third-order valence-electron chi connectivity index (χ3n) is 2.65. The summed E-state index contributed by atoms with van der Waals surface area (Å²) >= 11 is -1.63. The van der Waals surface area contributed by atoms with Crippen LogP contribution in [0.25, 0.3) is 0 Å². The molecule has 1 atom stereocenters. The van der Waals surface area contributed by atoms with Crippen LogP contribution in [0.2, 0.25) is 0 Å². The second-order valence-corrected chi connectivity index (χ2v) is 5.20. The number of nitrogens with one attached hydrogen (secondary N) is 1. The maximum Gasteiger partial charge on any atom is 0.267 e. The summed E-state index contributed by atoms with van der Waals surface area (Å²) in [5.74, 6) is -0.180. The van der Waals surface area contributed by atoms with E-state index in [2.05, 4.69) is 14.1 Å². The first-order valence-electron chi connectivity index (χ1n) is 5.77. The monoisotopic (exact) mass is 294 g/mol. The standard InChI is InChI=1S/C12H14N4O3S/c1-7-11(15-20(19)14-7)13-9-6-4-5-8(10(9)17)12(18)16(2)3/h4-6,17H,1-3H3,(H,13,15). The molecule has 1 unspecified atom stereocenters. The summed E-state index contributed by atoms with van der Waals surface area (Å²) in [5.41, 5.74) is 0.964. The fourth-order valence-electron chi connectivity index (χ4n) is 1.62. The number of amides is 1. The van der Waals surface area contributed by atoms with Crippen LogP contribution in [0, 0.1) is 0 Å². The van der Waals surface area contributed by atoms with Crippen LogP contribution < -0.4 is 5.32 Å². The van der Waals surface area contributed by atoms with Crippen molar-refractivity contribution >= 4 is 34.3 Å². The van der Waals surface area contributed by atoms with Gasteiger partial charge in [0.2, 0.25) is 0 Å². The maximum atomic E-state index is 11.9. The number of amidine groups is 1. The van der Waals surface area contributed by atoms with Gasteiger partial charge in [0, 0.05) is 14.1 Å². The zero-order chi connectivity index (χ0) is 14.9. The van der Waals surface area contributed by atoms with E-state index in [0.717, 1.165) is 0 Å². The van der Waals surface area contributed by atoms with E-state index in [1.807, 2.05) is 0 Å². The fraction of sp³-hybridized carbons (Fsp3) is 0.250. The van der Waals surface area contributed by atoms with E-state index in [0.29, 0.717) is 17.2 Å². The SMILES string of the molecule is CC1=NS(=O)N=C1Nc1cccc(C(=O)N(C)C)c1O. The zero-order valence-electron chi connectivity index (χ0n) is 11.2. The average molecular weight is 294 g/mol. The first-order valence-corrected chi connectivity index (χ1v) is 6.83. The van der Waals surface area contributed by atoms with Gasteiger partial charge in [-0.05, 0) is 19.1 Å². The Hall–Kier alpha value is -2.22. The molecule has 1 amide bonds. The molecule has 0 saturated heterocycles. The summed E-state index contributed by atoms with van der Waals surface area (Å²) < 4.78 is 18.7. The molecule has 0 spiro atoms. The van der Waals surface area contributed by atoms with Crippen molar-refractivity contribution in [3.63, 3.8) is 0 Å². The highest BCUT2D eigenvalue weighted by atomic mass is 32.2. The second kappa shape index (κ2) is 5.41. The minimum Gasteiger partial charge on any atom is -0.505 e. The van der Waals surface area contributed by atoms with E-state index in [-0.39, 0.29) is 17.2 Å². The van der Waals surface area contributed by atoms with E-state index in [9.17, 15) is 14.1 Å². The third kappa shape index (κ3) is 2.69. The lowest BCUT2D eigenvalue weighted by molar-refractivity contribution is 0.0824. The van der Waals surface area contributed by atoms with E-state index < -0.39 is 11.2 Å². The number of hydrogen-bond acceptors (Lipinski definition) is 4. The molecule has 0 aliphatic carbocycles. The van der Waals surface area contributed by atoms with E-state index in [4.69, 9.17) is 0 Å². The molecule has 0 bridgehead atoms. The Morgan fingerprint density at radius 1 is 1.35 bits per heavy atom. The van der Waals surface area contributed by atoms with Crippen molar-refractivity contribution in [2.75, 3.05) is 19.4 Å². The Balaban J connectivity index is 2.33. The molecule has 8 heteroatoms. The Morgan fingerprint density at radius 2 is 2.05 bits per heavy atom. The molecule has 0 saturated carbocycles. The van der Waals surface area contributed by atoms with Crippen LogP contribution in [-0.2, 0) is 11.2 Å². The van der Waals surface area contributed by atoms with Gasteiger partial charge in [-0.15, -0.1) is 4.40 Å². The molecule has 20 heavy (non-hydrogen) atoms. The second-order valence-electron chi connectivity index (χ2n) is 4.37. The van der Waals surface area contributed by atoms with E-state index in [1.165, 1.54) is 11.0 Å². The summed E-state index contributed by atoms with van der Waals surface area (Å²) in [5, 5.41) is 13.0. The predicted octanol–water partition coefficient (Wildman–Crippen LogP) is 0.958. The van der Waals surface area contributed by atoms with Crippen LogP contribution in [0.15, 0.2) is 27.0 Å². The van der Waals surface area contributed by atoms with Crippen molar-refractivity contribution in [1.29, 1.82) is 0 Å². The van der Waals surface area contributed by atoms with Crippen LogP contribution in [0.5, 0.6) is 5.75 Å². The van der Waals surface area contributed by atoms with Gasteiger partial charge in [-0.25, -0.2) is 4.21 Å². The average Bonchev–Trinajstić information content (AvgIpc) is 2.69. The van der Waals surface area contributed by atoms with E-state index >= 15 is 0 Å². The van der Waals surface area contributed by atoms with Gasteiger partial charge in [-0.3, -0.25) is 4.79 Å². The predicted molar refractivity (Wildman–Crippen MR) is 78.4 cm³/mol. The summed E-state index contributed by atoms with van der Waals surface area (Å²) in [4.78, 5) is 13.3. The van der Waals surface area contributed by atoms with Crippen LogP contribution in [0.4, 0.5) is 5.69 Å². The Bertz CT molecular complexity index is 652. The number of hydrogen-bond donors (Lipinski definition) is 2. The van der Waals surface area contributed by atoms with Crippen LogP contribution in [0.3, 0.4) is 0 Å². The summed E-state index contributed by atoms with van der Waals surface area (Å²) in [6.45, 7) is 1.66. The highest BCUT2D eigenvalue weighted by molar-refractivity contribution is 7.83. The number of phenols is 1. The topological polar surface area (TPSA) is 94.4 Å². The van der Waals surface area contributed by atoms with Crippen molar-refractivity contribution in [3.8, 4) is 5.75 Å². The highest BCUT2D eigenvalue weighted by Gasteiger charge is 2.19. The smallest absolute Gasteiger partial charge is 0.267 e. The number of nitrogens with zero attached hydrogens (tertiary/aromatic N) is 3. The molecular weight excluding hydrogens is 280 g/mol. The molecule has 106 valence electrons. The largest absolute Gasteiger partial charge is 0.505 e. The highest BCUT2D eigenvalue weighted by Crippen LogP contribution is 2.28. The normalized spacial score (nSPS) is 17.4. The Morgan fingerprint density at radius 3 is 2.60 bits per heavy atom. The summed E-state index contributed by atoms with van der Waals surface area (Å²) in [7, 11) is 3.20. The molecule has 2 rings (SSSR count). The van der Waals surface area contributed by atoms with Gasteiger partial charge in [0.05, 0.1) is 17.0 Å². The van der Waals surface area contributed by atoms with Crippen LogP contribution in [-0.4, -0.2) is 45.8 Å². The molecule has 1 heterocycles. The van der Waals surface area contributed by atoms with Gasteiger partial charge >= 0.3 is 0 Å². The number of phenolic OH excluding ortho intramolecular Hbond substituents is 1. The van der Waals surface area contributed by atoms with Gasteiger partial charge in [0.15, 0.2) is 11.6 Å². The van der Waals surface area contributed by atoms with Crippen molar-refractivity contribution in [1.82, 2.24) is 4.90 Å². The van der Waals surface area contributed by atoms with Crippen molar-refractivity contribution in [2.24, 2.45) is 8.80 Å². The molecule has 1 aromatic rings. The molecule has 0 fully saturated rings. The molecule has 0 radical (unpaired) electrons. The van der Waals surface area contributed by atoms with Crippen LogP contribution >= 0.6 is 0 Å². The molecule has 7 nitrogen and oxygen atoms in total. The summed E-state index contributed by atoms with van der Waals surface area (Å²) in [6.07, 6.45) is 0. The number of rotatable bonds is 2. The molecular formula is C12H14N4O3S. The lowest BCUT2D eigenvalue weighted by Crippen LogP contribution is -2.22. The Labute approximate surface area is 118 Å². The lowest BCUT2D eigenvalue weighted by atomic mass is 10.1. The minimum absolute atomic E-state index is 0.175. The van der Waals surface area contributed by atoms with Gasteiger partial charge < -0.3 is 15.3 Å². The molecule has 0 aromatic heterocycles. The summed E-state index contributed by atoms with van der Waals surface area (Å²) in [6, 6.07) is 4.76. The molecule has 1 aliphatic rings. The maximum absolute atomic E-state index is 11.9. The van der Waals surface area contributed by atoms with Crippen LogP contribution in [0.1, 0.15) is 17.3 Å². The number of carbonyl (C=O) groups is 1. The first kappa shape index (κ1) is 14.2. The van der Waals surface area contributed by atoms with Gasteiger partial charge in [-0.2, -0.15) is 4.40 Å². The number of para-hydroxylation sites is 1. The molecule has 2 N–H and O–H groups in total. The van der Waals surface area contributed by atoms with Gasteiger partial charge in [0.25, 0.3) is 17.1 Å². The van der Waals surface area contributed by atoms with E-state index in [1.54, 1.807) is 33.2 Å². The Kier molecular flexibility index (Phi) is 3.84. The van der Waals surface area contributed by atoms with Gasteiger partial charge in [-0.1, -0.05) is 6.07 Å². The van der Waals surface area contributed by atoms with Gasteiger partial charge in [0.1, 0.15) is 0 Å². The van der Waals surface area contributed by atoms with Crippen molar-refractivity contribution < 1.29 is 14.1 Å². The number of carbonyl (C=O) groups excluding carboxylic acids is 1. The lowest BCUT2D eigenvalue weighted by Gasteiger charge is -2.14. The quantitative estimate of drug-likeness (QED) is 0.794. The first-order chi connectivity index (χ1) is 9.40. The number of benzene rings is 1. The van der Waals surface area contributed by atoms with Crippen molar-refractivity contribution in [2.45, 2.75) is 6.92 Å². The van der Waals surface area contributed by atoms with Crippen molar-refractivity contribution in [3.05, 3.63) is 23.8 Å². The number of anilines is 1.